The molecule has 1 fully saturated rings. The molecule has 1 aliphatic carbocycles. The first kappa shape index (κ1) is 12.9. The summed E-state index contributed by atoms with van der Waals surface area (Å²) in [6.07, 6.45) is 4.61. The standard InChI is InChI=1S/C12H25NO2/c1-11(2,3)9-15-8-4-5-12(6-7-12)13-10-14/h13-14H,4-10H2,1-3H3. The number of aliphatic hydroxyl groups is 1. The van der Waals surface area contributed by atoms with E-state index in [0.29, 0.717) is 0 Å². The van der Waals surface area contributed by atoms with E-state index in [2.05, 4.69) is 26.1 Å². The third kappa shape index (κ3) is 5.50. The SMILES string of the molecule is CC(C)(C)COCCCC1(NCO)CC1. The molecule has 1 rings (SSSR count). The summed E-state index contributed by atoms with van der Waals surface area (Å²) in [4.78, 5) is 0. The molecule has 0 saturated heterocycles. The molecule has 2 N–H and O–H groups in total. The van der Waals surface area contributed by atoms with Crippen molar-refractivity contribution in [1.82, 2.24) is 5.32 Å². The minimum atomic E-state index is 0.100. The number of ether oxygens (including phenoxy) is 1. The minimum absolute atomic E-state index is 0.100. The van der Waals surface area contributed by atoms with Gasteiger partial charge in [-0.05, 0) is 31.1 Å². The lowest BCUT2D eigenvalue weighted by molar-refractivity contribution is 0.0665. The first-order valence-corrected chi connectivity index (χ1v) is 5.91. The van der Waals surface area contributed by atoms with Crippen LogP contribution in [0.25, 0.3) is 0 Å². The van der Waals surface area contributed by atoms with Gasteiger partial charge in [-0.1, -0.05) is 20.8 Å². The molecule has 0 atom stereocenters. The maximum Gasteiger partial charge on any atom is 0.0935 e. The van der Waals surface area contributed by atoms with E-state index in [1.807, 2.05) is 0 Å². The van der Waals surface area contributed by atoms with Crippen molar-refractivity contribution in [2.24, 2.45) is 5.41 Å². The highest BCUT2D eigenvalue weighted by Gasteiger charge is 2.40. The summed E-state index contributed by atoms with van der Waals surface area (Å²) in [6, 6.07) is 0. The Bertz CT molecular complexity index is 183. The number of aliphatic hydroxyl groups excluding tert-OH is 1. The lowest BCUT2D eigenvalue weighted by atomic mass is 9.99. The van der Waals surface area contributed by atoms with Crippen LogP contribution in [0, 0.1) is 5.41 Å². The highest BCUT2D eigenvalue weighted by Crippen LogP contribution is 2.39. The first-order valence-electron chi connectivity index (χ1n) is 5.91. The van der Waals surface area contributed by atoms with Crippen LogP contribution in [-0.2, 0) is 4.74 Å². The van der Waals surface area contributed by atoms with Gasteiger partial charge in [0.2, 0.25) is 0 Å². The Morgan fingerprint density at radius 2 is 2.00 bits per heavy atom. The van der Waals surface area contributed by atoms with Crippen molar-refractivity contribution >= 4 is 0 Å². The Balaban J connectivity index is 1.98. The third-order valence-electron chi connectivity index (χ3n) is 2.79. The van der Waals surface area contributed by atoms with Crippen LogP contribution in [0.2, 0.25) is 0 Å². The van der Waals surface area contributed by atoms with Crippen LogP contribution in [0.15, 0.2) is 0 Å². The fourth-order valence-electron chi connectivity index (χ4n) is 1.72. The van der Waals surface area contributed by atoms with Gasteiger partial charge in [-0.2, -0.15) is 0 Å². The molecular weight excluding hydrogens is 190 g/mol. The van der Waals surface area contributed by atoms with Crippen LogP contribution < -0.4 is 5.32 Å². The number of hydrogen-bond donors (Lipinski definition) is 2. The summed E-state index contributed by atoms with van der Waals surface area (Å²) in [7, 11) is 0. The lowest BCUT2D eigenvalue weighted by Gasteiger charge is -2.19. The summed E-state index contributed by atoms with van der Waals surface area (Å²) >= 11 is 0. The van der Waals surface area contributed by atoms with E-state index >= 15 is 0 Å². The summed E-state index contributed by atoms with van der Waals surface area (Å²) in [6.45, 7) is 8.32. The van der Waals surface area contributed by atoms with Gasteiger partial charge < -0.3 is 9.84 Å². The molecule has 3 nitrogen and oxygen atoms in total. The van der Waals surface area contributed by atoms with E-state index in [0.717, 1.165) is 26.1 Å². The van der Waals surface area contributed by atoms with Gasteiger partial charge in [0.25, 0.3) is 0 Å². The van der Waals surface area contributed by atoms with Crippen molar-refractivity contribution in [3.05, 3.63) is 0 Å². The number of rotatable bonds is 7. The summed E-state index contributed by atoms with van der Waals surface area (Å²) < 4.78 is 5.61. The molecule has 1 aliphatic rings. The fourth-order valence-corrected chi connectivity index (χ4v) is 1.72. The molecule has 0 aromatic carbocycles. The van der Waals surface area contributed by atoms with Gasteiger partial charge in [0.05, 0.1) is 13.3 Å². The Labute approximate surface area is 93.2 Å². The quantitative estimate of drug-likeness (QED) is 0.503. The molecular formula is C12H25NO2. The molecule has 0 aromatic rings. The molecule has 3 heteroatoms. The molecule has 1 saturated carbocycles. The summed E-state index contributed by atoms with van der Waals surface area (Å²) in [5.74, 6) is 0. The van der Waals surface area contributed by atoms with Gasteiger partial charge >= 0.3 is 0 Å². The van der Waals surface area contributed by atoms with Crippen LogP contribution in [-0.4, -0.2) is 30.6 Å². The van der Waals surface area contributed by atoms with Crippen molar-refractivity contribution in [1.29, 1.82) is 0 Å². The fraction of sp³-hybridized carbons (Fsp3) is 1.00. The zero-order chi connectivity index (χ0) is 11.4. The average molecular weight is 215 g/mol. The largest absolute Gasteiger partial charge is 0.381 e. The van der Waals surface area contributed by atoms with Crippen molar-refractivity contribution in [3.8, 4) is 0 Å². The highest BCUT2D eigenvalue weighted by atomic mass is 16.5. The molecule has 0 amide bonds. The second-order valence-electron chi connectivity index (χ2n) is 5.83. The van der Waals surface area contributed by atoms with Crippen molar-refractivity contribution in [3.63, 3.8) is 0 Å². The first-order chi connectivity index (χ1) is 6.97. The highest BCUT2D eigenvalue weighted by molar-refractivity contribution is 5.00. The van der Waals surface area contributed by atoms with Crippen LogP contribution in [0.3, 0.4) is 0 Å². The molecule has 15 heavy (non-hydrogen) atoms. The maximum atomic E-state index is 8.81. The van der Waals surface area contributed by atoms with Crippen molar-refractivity contribution in [2.75, 3.05) is 19.9 Å². The molecule has 90 valence electrons. The zero-order valence-corrected chi connectivity index (χ0v) is 10.3. The minimum Gasteiger partial charge on any atom is -0.381 e. The predicted molar refractivity (Wildman–Crippen MR) is 61.7 cm³/mol. The van der Waals surface area contributed by atoms with Gasteiger partial charge in [0.1, 0.15) is 0 Å². The van der Waals surface area contributed by atoms with Gasteiger partial charge in [0, 0.05) is 12.1 Å². The number of hydrogen-bond acceptors (Lipinski definition) is 3. The molecule has 0 aromatic heterocycles. The van der Waals surface area contributed by atoms with E-state index in [-0.39, 0.29) is 17.7 Å². The summed E-state index contributed by atoms with van der Waals surface area (Å²) in [5.41, 5.74) is 0.514. The van der Waals surface area contributed by atoms with Crippen molar-refractivity contribution < 1.29 is 9.84 Å². The van der Waals surface area contributed by atoms with Crippen LogP contribution in [0.1, 0.15) is 46.5 Å². The second-order valence-corrected chi connectivity index (χ2v) is 5.83. The smallest absolute Gasteiger partial charge is 0.0935 e. The Morgan fingerprint density at radius 3 is 2.47 bits per heavy atom. The Morgan fingerprint density at radius 1 is 1.33 bits per heavy atom. The van der Waals surface area contributed by atoms with E-state index in [9.17, 15) is 0 Å². The van der Waals surface area contributed by atoms with E-state index in [4.69, 9.17) is 9.84 Å². The Kier molecular flexibility index (Phi) is 4.56. The van der Waals surface area contributed by atoms with E-state index in [1.54, 1.807) is 0 Å². The maximum absolute atomic E-state index is 8.81. The number of nitrogens with one attached hydrogen (secondary N) is 1. The van der Waals surface area contributed by atoms with Gasteiger partial charge in [0.15, 0.2) is 0 Å². The van der Waals surface area contributed by atoms with Crippen LogP contribution in [0.5, 0.6) is 0 Å². The topological polar surface area (TPSA) is 41.5 Å². The molecule has 0 spiro atoms. The molecule has 0 bridgehead atoms. The van der Waals surface area contributed by atoms with Crippen molar-refractivity contribution in [2.45, 2.75) is 52.0 Å². The van der Waals surface area contributed by atoms with Crippen LogP contribution >= 0.6 is 0 Å². The molecule has 0 aliphatic heterocycles. The van der Waals surface area contributed by atoms with E-state index < -0.39 is 0 Å². The lowest BCUT2D eigenvalue weighted by Crippen LogP contribution is -2.32. The third-order valence-corrected chi connectivity index (χ3v) is 2.79. The Hall–Kier alpha value is -0.120. The molecule has 0 heterocycles. The second kappa shape index (κ2) is 5.28. The van der Waals surface area contributed by atoms with E-state index in [1.165, 1.54) is 12.8 Å². The van der Waals surface area contributed by atoms with Gasteiger partial charge in [-0.15, -0.1) is 0 Å². The monoisotopic (exact) mass is 215 g/mol. The van der Waals surface area contributed by atoms with Gasteiger partial charge in [-0.3, -0.25) is 5.32 Å². The molecule has 0 unspecified atom stereocenters. The predicted octanol–water partition coefficient (Wildman–Crippen LogP) is 1.90. The van der Waals surface area contributed by atoms with Crippen LogP contribution in [0.4, 0.5) is 0 Å². The summed E-state index contributed by atoms with van der Waals surface area (Å²) in [5, 5.41) is 11.9. The molecule has 0 radical (unpaired) electrons. The normalized spacial score (nSPS) is 19.2. The van der Waals surface area contributed by atoms with Gasteiger partial charge in [-0.25, -0.2) is 0 Å². The zero-order valence-electron chi connectivity index (χ0n) is 10.3. The average Bonchev–Trinajstić information content (AvgIpc) is 2.83.